The molecule has 35 heavy (non-hydrogen) atoms. The van der Waals surface area contributed by atoms with Crippen LogP contribution in [-0.4, -0.2) is 17.7 Å². The average Bonchev–Trinajstić information content (AvgIpc) is 3.04. The molecule has 178 valence electrons. The Morgan fingerprint density at radius 2 is 1.57 bits per heavy atom. The van der Waals surface area contributed by atoms with Gasteiger partial charge in [0, 0.05) is 22.0 Å². The quantitative estimate of drug-likeness (QED) is 0.345. The predicted molar refractivity (Wildman–Crippen MR) is 140 cm³/mol. The number of hydrogen-bond acceptors (Lipinski definition) is 4. The van der Waals surface area contributed by atoms with Gasteiger partial charge < -0.3 is 10.6 Å². The van der Waals surface area contributed by atoms with Crippen LogP contribution in [0.3, 0.4) is 0 Å². The van der Waals surface area contributed by atoms with Crippen molar-refractivity contribution < 1.29 is 14.4 Å². The van der Waals surface area contributed by atoms with E-state index in [-0.39, 0.29) is 27.3 Å². The summed E-state index contributed by atoms with van der Waals surface area (Å²) < 4.78 is 0. The first kappa shape index (κ1) is 24.8. The van der Waals surface area contributed by atoms with Crippen LogP contribution in [-0.2, 0) is 9.59 Å². The molecule has 0 spiro atoms. The van der Waals surface area contributed by atoms with Crippen molar-refractivity contribution >= 4 is 69.6 Å². The number of imide groups is 1. The largest absolute Gasteiger partial charge is 0.350 e. The van der Waals surface area contributed by atoms with Gasteiger partial charge in [-0.15, -0.1) is 0 Å². The first-order valence-electron chi connectivity index (χ1n) is 10.7. The van der Waals surface area contributed by atoms with Crippen LogP contribution in [0.25, 0.3) is 0 Å². The van der Waals surface area contributed by atoms with E-state index in [0.717, 1.165) is 4.90 Å². The lowest BCUT2D eigenvalue weighted by Crippen LogP contribution is -2.32. The summed E-state index contributed by atoms with van der Waals surface area (Å²) in [5.41, 5.74) is 2.58. The van der Waals surface area contributed by atoms with Gasteiger partial charge in [0.1, 0.15) is 10.7 Å². The molecule has 3 aromatic carbocycles. The number of halogens is 3. The summed E-state index contributed by atoms with van der Waals surface area (Å²) in [6.45, 7) is 4.19. The minimum Gasteiger partial charge on any atom is -0.350 e. The number of hydrogen-bond donors (Lipinski definition) is 2. The first-order chi connectivity index (χ1) is 16.7. The molecule has 1 aliphatic heterocycles. The summed E-state index contributed by atoms with van der Waals surface area (Å²) >= 11 is 18.4. The fourth-order valence-electron chi connectivity index (χ4n) is 3.52. The molecule has 3 amide bonds. The highest BCUT2D eigenvalue weighted by Crippen LogP contribution is 2.36. The van der Waals surface area contributed by atoms with E-state index < -0.39 is 11.8 Å². The van der Waals surface area contributed by atoms with E-state index in [2.05, 4.69) is 24.5 Å². The van der Waals surface area contributed by atoms with Crippen molar-refractivity contribution in [1.82, 2.24) is 0 Å². The van der Waals surface area contributed by atoms with Crippen LogP contribution in [0.15, 0.2) is 77.5 Å². The molecular weight excluding hydrogens is 509 g/mol. The Hall–Kier alpha value is -3.32. The van der Waals surface area contributed by atoms with Gasteiger partial charge in [-0.05, 0) is 60.0 Å². The fraction of sp³-hybridized carbons (Fsp3) is 0.115. The Labute approximate surface area is 217 Å². The van der Waals surface area contributed by atoms with E-state index in [4.69, 9.17) is 34.8 Å². The third-order valence-corrected chi connectivity index (χ3v) is 6.31. The lowest BCUT2D eigenvalue weighted by molar-refractivity contribution is -0.120. The Morgan fingerprint density at radius 3 is 2.26 bits per heavy atom. The molecule has 9 heteroatoms. The zero-order valence-corrected chi connectivity index (χ0v) is 21.0. The summed E-state index contributed by atoms with van der Waals surface area (Å²) in [4.78, 5) is 39.4. The summed E-state index contributed by atoms with van der Waals surface area (Å²) in [5.74, 6) is -1.36. The number of nitrogens with zero attached hydrogens (tertiary/aromatic N) is 1. The minimum absolute atomic E-state index is 0.126. The van der Waals surface area contributed by atoms with Crippen LogP contribution >= 0.6 is 34.8 Å². The number of nitrogens with one attached hydrogen (secondary N) is 2. The summed E-state index contributed by atoms with van der Waals surface area (Å²) in [6.07, 6.45) is 0. The second-order valence-corrected chi connectivity index (χ2v) is 9.39. The Balaban J connectivity index is 1.53. The summed E-state index contributed by atoms with van der Waals surface area (Å²) in [6, 6.07) is 18.6. The molecule has 1 aliphatic rings. The number of benzene rings is 3. The standard InChI is InChI=1S/C26H20Cl3N3O3/c1-14(2)15-6-9-18(10-7-15)31-24(33)16-4-3-5-19(12-16)30-23-22(29)25(34)32(26(23)35)21-13-17(27)8-11-20(21)28/h3-14,30H,1-2H3,(H,31,33). The van der Waals surface area contributed by atoms with Crippen molar-refractivity contribution in [3.05, 3.63) is 98.6 Å². The Bertz CT molecular complexity index is 1370. The third kappa shape index (κ3) is 5.20. The maximum Gasteiger partial charge on any atom is 0.283 e. The van der Waals surface area contributed by atoms with Gasteiger partial charge in [-0.1, -0.05) is 66.8 Å². The summed E-state index contributed by atoms with van der Waals surface area (Å²) in [5, 5.41) is 5.89. The highest BCUT2D eigenvalue weighted by atomic mass is 35.5. The molecule has 6 nitrogen and oxygen atoms in total. The van der Waals surface area contributed by atoms with E-state index in [9.17, 15) is 14.4 Å². The molecule has 0 aromatic heterocycles. The normalized spacial score (nSPS) is 13.6. The highest BCUT2D eigenvalue weighted by molar-refractivity contribution is 6.54. The number of anilines is 3. The van der Waals surface area contributed by atoms with Gasteiger partial charge in [-0.25, -0.2) is 4.90 Å². The van der Waals surface area contributed by atoms with Crippen molar-refractivity contribution in [3.8, 4) is 0 Å². The van der Waals surface area contributed by atoms with Gasteiger partial charge in [0.25, 0.3) is 17.7 Å². The maximum absolute atomic E-state index is 13.0. The monoisotopic (exact) mass is 527 g/mol. The first-order valence-corrected chi connectivity index (χ1v) is 11.8. The lowest BCUT2D eigenvalue weighted by Gasteiger charge is -2.17. The number of carbonyl (C=O) groups excluding carboxylic acids is 3. The lowest BCUT2D eigenvalue weighted by atomic mass is 10.0. The Kier molecular flexibility index (Phi) is 7.17. The molecule has 0 saturated carbocycles. The van der Waals surface area contributed by atoms with Gasteiger partial charge in [-0.3, -0.25) is 14.4 Å². The molecule has 0 radical (unpaired) electrons. The van der Waals surface area contributed by atoms with E-state index in [1.54, 1.807) is 30.3 Å². The van der Waals surface area contributed by atoms with E-state index in [1.807, 2.05) is 24.3 Å². The molecule has 2 N–H and O–H groups in total. The molecule has 0 aliphatic carbocycles. The van der Waals surface area contributed by atoms with Gasteiger partial charge in [0.15, 0.2) is 0 Å². The maximum atomic E-state index is 13.0. The molecule has 1 heterocycles. The second-order valence-electron chi connectivity index (χ2n) is 8.17. The van der Waals surface area contributed by atoms with Crippen LogP contribution in [0.2, 0.25) is 10.0 Å². The number of carbonyl (C=O) groups is 3. The molecule has 3 aromatic rings. The van der Waals surface area contributed by atoms with E-state index in [0.29, 0.717) is 27.9 Å². The predicted octanol–water partition coefficient (Wildman–Crippen LogP) is 6.80. The van der Waals surface area contributed by atoms with Crippen molar-refractivity contribution in [2.75, 3.05) is 15.5 Å². The SMILES string of the molecule is CC(C)c1ccc(NC(=O)c2cccc(NC3=C(Cl)C(=O)N(c4cc(Cl)ccc4Cl)C3=O)c2)cc1. The average molecular weight is 529 g/mol. The number of amides is 3. The van der Waals surface area contributed by atoms with Gasteiger partial charge in [0.2, 0.25) is 0 Å². The van der Waals surface area contributed by atoms with Gasteiger partial charge in [-0.2, -0.15) is 0 Å². The van der Waals surface area contributed by atoms with Crippen molar-refractivity contribution in [1.29, 1.82) is 0 Å². The van der Waals surface area contributed by atoms with Crippen molar-refractivity contribution in [3.63, 3.8) is 0 Å². The van der Waals surface area contributed by atoms with Crippen molar-refractivity contribution in [2.24, 2.45) is 0 Å². The van der Waals surface area contributed by atoms with Gasteiger partial charge in [0.05, 0.1) is 10.7 Å². The molecule has 0 saturated heterocycles. The fourth-order valence-corrected chi connectivity index (χ4v) is 4.11. The molecule has 0 atom stereocenters. The zero-order valence-electron chi connectivity index (χ0n) is 18.7. The zero-order chi connectivity index (χ0) is 25.3. The van der Waals surface area contributed by atoms with Crippen LogP contribution < -0.4 is 15.5 Å². The molecule has 4 rings (SSSR count). The van der Waals surface area contributed by atoms with Crippen LogP contribution in [0.5, 0.6) is 0 Å². The van der Waals surface area contributed by atoms with Crippen LogP contribution in [0.1, 0.15) is 35.7 Å². The number of rotatable bonds is 6. The third-order valence-electron chi connectivity index (χ3n) is 5.41. The van der Waals surface area contributed by atoms with Crippen molar-refractivity contribution in [2.45, 2.75) is 19.8 Å². The second kappa shape index (κ2) is 10.1. The molecule has 0 unspecified atom stereocenters. The van der Waals surface area contributed by atoms with Crippen LogP contribution in [0, 0.1) is 0 Å². The highest BCUT2D eigenvalue weighted by Gasteiger charge is 2.40. The molecule has 0 bridgehead atoms. The van der Waals surface area contributed by atoms with E-state index >= 15 is 0 Å². The summed E-state index contributed by atoms with van der Waals surface area (Å²) in [7, 11) is 0. The topological polar surface area (TPSA) is 78.5 Å². The molecule has 0 fully saturated rings. The Morgan fingerprint density at radius 1 is 0.857 bits per heavy atom. The van der Waals surface area contributed by atoms with E-state index in [1.165, 1.54) is 17.7 Å². The van der Waals surface area contributed by atoms with Crippen LogP contribution in [0.4, 0.5) is 17.1 Å². The minimum atomic E-state index is -0.734. The smallest absolute Gasteiger partial charge is 0.283 e. The van der Waals surface area contributed by atoms with Gasteiger partial charge >= 0.3 is 0 Å². The molecular formula is C26H20Cl3N3O3.